The minimum atomic E-state index is -0.252. The smallest absolute Gasteiger partial charge is 0.255 e. The summed E-state index contributed by atoms with van der Waals surface area (Å²) in [6.45, 7) is 2.02. The van der Waals surface area contributed by atoms with Crippen LogP contribution in [0.3, 0.4) is 0 Å². The Hall–Kier alpha value is -4.26. The summed E-state index contributed by atoms with van der Waals surface area (Å²) in [5.41, 5.74) is 4.73. The molecule has 1 N–H and O–H groups in total. The zero-order valence-electron chi connectivity index (χ0n) is 16.0. The van der Waals surface area contributed by atoms with E-state index >= 15 is 0 Å². The van der Waals surface area contributed by atoms with Gasteiger partial charge in [-0.25, -0.2) is 4.98 Å². The molecule has 30 heavy (non-hydrogen) atoms. The molecule has 2 aromatic carbocycles. The molecule has 0 saturated carbocycles. The SMILES string of the molecule is Cc1ccc(-c2nc(-c3noc4ccc(C(=O)Nc5cccnc5)cc34)co2)cc1. The second-order valence-corrected chi connectivity index (χ2v) is 6.84. The number of carbonyl (C=O) groups is 1. The van der Waals surface area contributed by atoms with Crippen LogP contribution in [0.2, 0.25) is 0 Å². The molecular weight excluding hydrogens is 380 g/mol. The van der Waals surface area contributed by atoms with Crippen LogP contribution in [-0.4, -0.2) is 21.0 Å². The van der Waals surface area contributed by atoms with Crippen molar-refractivity contribution in [1.82, 2.24) is 15.1 Å². The first-order valence-corrected chi connectivity index (χ1v) is 9.31. The zero-order valence-corrected chi connectivity index (χ0v) is 16.0. The summed E-state index contributed by atoms with van der Waals surface area (Å²) in [7, 11) is 0. The van der Waals surface area contributed by atoms with Gasteiger partial charge in [-0.15, -0.1) is 0 Å². The average Bonchev–Trinajstić information content (AvgIpc) is 3.41. The molecule has 0 saturated heterocycles. The van der Waals surface area contributed by atoms with Crippen LogP contribution in [0.25, 0.3) is 33.8 Å². The largest absolute Gasteiger partial charge is 0.444 e. The van der Waals surface area contributed by atoms with Gasteiger partial charge in [-0.3, -0.25) is 9.78 Å². The molecule has 0 unspecified atom stereocenters. The first-order chi connectivity index (χ1) is 14.7. The molecule has 7 heteroatoms. The standard InChI is InChI=1S/C23H16N4O3/c1-14-4-6-15(7-5-14)23-26-19(13-29-23)21-18-11-16(8-9-20(18)30-27-21)22(28)25-17-3-2-10-24-12-17/h2-13H,1H3,(H,25,28). The van der Waals surface area contributed by atoms with E-state index in [-0.39, 0.29) is 5.91 Å². The molecular formula is C23H16N4O3. The number of rotatable bonds is 4. The molecule has 0 fully saturated rings. The number of anilines is 1. The third-order valence-electron chi connectivity index (χ3n) is 4.70. The normalized spacial score (nSPS) is 11.0. The molecule has 0 atom stereocenters. The molecule has 5 aromatic rings. The number of hydrogen-bond acceptors (Lipinski definition) is 6. The number of benzene rings is 2. The van der Waals surface area contributed by atoms with Gasteiger partial charge in [0.2, 0.25) is 5.89 Å². The first-order valence-electron chi connectivity index (χ1n) is 9.31. The van der Waals surface area contributed by atoms with Crippen LogP contribution in [0.15, 0.2) is 82.2 Å². The Morgan fingerprint density at radius 1 is 1.07 bits per heavy atom. The number of aryl methyl sites for hydroxylation is 1. The average molecular weight is 396 g/mol. The molecule has 0 spiro atoms. The number of nitrogens with one attached hydrogen (secondary N) is 1. The van der Waals surface area contributed by atoms with Crippen molar-refractivity contribution < 1.29 is 13.7 Å². The monoisotopic (exact) mass is 396 g/mol. The van der Waals surface area contributed by atoms with E-state index in [1.54, 1.807) is 42.7 Å². The van der Waals surface area contributed by atoms with Gasteiger partial charge < -0.3 is 14.3 Å². The van der Waals surface area contributed by atoms with E-state index in [1.807, 2.05) is 31.2 Å². The molecule has 5 rings (SSSR count). The number of oxazole rings is 1. The predicted octanol–water partition coefficient (Wildman–Crippen LogP) is 5.11. The fraction of sp³-hybridized carbons (Fsp3) is 0.0435. The summed E-state index contributed by atoms with van der Waals surface area (Å²) in [5, 5.41) is 7.63. The van der Waals surface area contributed by atoms with Gasteiger partial charge in [-0.2, -0.15) is 0 Å². The third-order valence-corrected chi connectivity index (χ3v) is 4.70. The molecule has 0 aliphatic carbocycles. The van der Waals surface area contributed by atoms with Gasteiger partial charge in [0.1, 0.15) is 17.7 Å². The van der Waals surface area contributed by atoms with Gasteiger partial charge >= 0.3 is 0 Å². The Balaban J connectivity index is 1.48. The Morgan fingerprint density at radius 3 is 2.73 bits per heavy atom. The Bertz CT molecular complexity index is 1340. The fourth-order valence-corrected chi connectivity index (χ4v) is 3.12. The van der Waals surface area contributed by atoms with Crippen molar-refractivity contribution in [3.05, 3.63) is 84.4 Å². The van der Waals surface area contributed by atoms with E-state index in [0.29, 0.717) is 39.5 Å². The lowest BCUT2D eigenvalue weighted by molar-refractivity contribution is 0.102. The third kappa shape index (κ3) is 3.33. The highest BCUT2D eigenvalue weighted by molar-refractivity contribution is 6.07. The fourth-order valence-electron chi connectivity index (χ4n) is 3.12. The van der Waals surface area contributed by atoms with Crippen molar-refractivity contribution >= 4 is 22.6 Å². The van der Waals surface area contributed by atoms with E-state index in [2.05, 4.69) is 20.4 Å². The topological polar surface area (TPSA) is 94.0 Å². The van der Waals surface area contributed by atoms with Crippen molar-refractivity contribution in [3.63, 3.8) is 0 Å². The summed E-state index contributed by atoms with van der Waals surface area (Å²) >= 11 is 0. The molecule has 3 heterocycles. The van der Waals surface area contributed by atoms with Gasteiger partial charge in [-0.05, 0) is 49.4 Å². The highest BCUT2D eigenvalue weighted by Crippen LogP contribution is 2.30. The number of nitrogens with zero attached hydrogens (tertiary/aromatic N) is 3. The lowest BCUT2D eigenvalue weighted by atomic mass is 10.1. The minimum absolute atomic E-state index is 0.252. The van der Waals surface area contributed by atoms with Gasteiger partial charge in [0.05, 0.1) is 17.3 Å². The molecule has 146 valence electrons. The number of carbonyl (C=O) groups excluding carboxylic acids is 1. The van der Waals surface area contributed by atoms with Gasteiger partial charge in [0.15, 0.2) is 5.58 Å². The van der Waals surface area contributed by atoms with E-state index in [9.17, 15) is 4.79 Å². The number of amides is 1. The lowest BCUT2D eigenvalue weighted by Gasteiger charge is -2.04. The minimum Gasteiger partial charge on any atom is -0.444 e. The number of hydrogen-bond donors (Lipinski definition) is 1. The quantitative estimate of drug-likeness (QED) is 0.454. The predicted molar refractivity (Wildman–Crippen MR) is 112 cm³/mol. The maximum absolute atomic E-state index is 12.6. The van der Waals surface area contributed by atoms with E-state index in [4.69, 9.17) is 8.94 Å². The number of aromatic nitrogens is 3. The summed E-state index contributed by atoms with van der Waals surface area (Å²) < 4.78 is 11.1. The summed E-state index contributed by atoms with van der Waals surface area (Å²) in [6.07, 6.45) is 4.77. The van der Waals surface area contributed by atoms with Gasteiger partial charge in [0, 0.05) is 17.3 Å². The van der Waals surface area contributed by atoms with Crippen LogP contribution in [0.5, 0.6) is 0 Å². The molecule has 0 bridgehead atoms. The highest BCUT2D eigenvalue weighted by Gasteiger charge is 2.17. The molecule has 1 amide bonds. The molecule has 0 radical (unpaired) electrons. The summed E-state index contributed by atoms with van der Waals surface area (Å²) in [4.78, 5) is 21.2. The summed E-state index contributed by atoms with van der Waals surface area (Å²) in [6, 6.07) is 16.6. The van der Waals surface area contributed by atoms with Crippen LogP contribution >= 0.6 is 0 Å². The first kappa shape index (κ1) is 17.8. The Labute approximate surface area is 171 Å². The van der Waals surface area contributed by atoms with Crippen LogP contribution in [-0.2, 0) is 0 Å². The maximum atomic E-state index is 12.6. The van der Waals surface area contributed by atoms with Gasteiger partial charge in [0.25, 0.3) is 5.91 Å². The second-order valence-electron chi connectivity index (χ2n) is 6.84. The lowest BCUT2D eigenvalue weighted by Crippen LogP contribution is -2.11. The van der Waals surface area contributed by atoms with Crippen LogP contribution in [0, 0.1) is 6.92 Å². The second kappa shape index (κ2) is 7.29. The van der Waals surface area contributed by atoms with E-state index < -0.39 is 0 Å². The molecule has 3 aromatic heterocycles. The zero-order chi connectivity index (χ0) is 20.5. The number of pyridine rings is 1. The van der Waals surface area contributed by atoms with Crippen LogP contribution in [0.1, 0.15) is 15.9 Å². The van der Waals surface area contributed by atoms with Crippen LogP contribution < -0.4 is 5.32 Å². The Kier molecular flexibility index (Phi) is 4.33. The molecule has 7 nitrogen and oxygen atoms in total. The maximum Gasteiger partial charge on any atom is 0.255 e. The van der Waals surface area contributed by atoms with Crippen LogP contribution in [0.4, 0.5) is 5.69 Å². The van der Waals surface area contributed by atoms with E-state index in [0.717, 1.165) is 11.1 Å². The van der Waals surface area contributed by atoms with Crippen molar-refractivity contribution in [2.75, 3.05) is 5.32 Å². The van der Waals surface area contributed by atoms with Crippen molar-refractivity contribution in [3.8, 4) is 22.8 Å². The van der Waals surface area contributed by atoms with Crippen molar-refractivity contribution in [1.29, 1.82) is 0 Å². The highest BCUT2D eigenvalue weighted by atomic mass is 16.5. The van der Waals surface area contributed by atoms with Gasteiger partial charge in [-0.1, -0.05) is 22.9 Å². The van der Waals surface area contributed by atoms with Crippen molar-refractivity contribution in [2.45, 2.75) is 6.92 Å². The molecule has 0 aliphatic heterocycles. The Morgan fingerprint density at radius 2 is 1.93 bits per heavy atom. The molecule has 0 aliphatic rings. The van der Waals surface area contributed by atoms with Crippen molar-refractivity contribution in [2.24, 2.45) is 0 Å². The van der Waals surface area contributed by atoms with E-state index in [1.165, 1.54) is 6.26 Å². The number of fused-ring (bicyclic) bond motifs is 1. The summed E-state index contributed by atoms with van der Waals surface area (Å²) in [5.74, 6) is 0.240.